The van der Waals surface area contributed by atoms with Gasteiger partial charge in [0.2, 0.25) is 5.91 Å². The molecule has 1 fully saturated rings. The van der Waals surface area contributed by atoms with Crippen molar-refractivity contribution >= 4 is 23.5 Å². The largest absolute Gasteiger partial charge is 0.468 e. The van der Waals surface area contributed by atoms with Gasteiger partial charge in [-0.2, -0.15) is 0 Å². The molecule has 0 bridgehead atoms. The van der Waals surface area contributed by atoms with Crippen LogP contribution in [0.1, 0.15) is 18.4 Å². The Morgan fingerprint density at radius 1 is 1.33 bits per heavy atom. The first-order chi connectivity index (χ1) is 8.54. The predicted molar refractivity (Wildman–Crippen MR) is 67.3 cm³/mol. The summed E-state index contributed by atoms with van der Waals surface area (Å²) in [6.07, 6.45) is 0. The van der Waals surface area contributed by atoms with E-state index in [9.17, 15) is 9.59 Å². The van der Waals surface area contributed by atoms with Gasteiger partial charge in [-0.25, -0.2) is 0 Å². The molecule has 0 aromatic heterocycles. The van der Waals surface area contributed by atoms with Crippen LogP contribution in [0.4, 0.5) is 0 Å². The molecule has 0 saturated carbocycles. The van der Waals surface area contributed by atoms with E-state index >= 15 is 0 Å². The highest BCUT2D eigenvalue weighted by molar-refractivity contribution is 6.30. The van der Waals surface area contributed by atoms with Crippen molar-refractivity contribution in [3.8, 4) is 0 Å². The number of halogens is 1. The smallest absolute Gasteiger partial charge is 0.318 e. The molecule has 96 valence electrons. The van der Waals surface area contributed by atoms with Crippen LogP contribution >= 0.6 is 11.6 Å². The van der Waals surface area contributed by atoms with Gasteiger partial charge >= 0.3 is 5.97 Å². The number of hydrogen-bond acceptors (Lipinski definition) is 3. The average molecular weight is 268 g/mol. The van der Waals surface area contributed by atoms with E-state index in [1.54, 1.807) is 12.1 Å². The highest BCUT2D eigenvalue weighted by atomic mass is 35.5. The number of carbonyl (C=O) groups excluding carboxylic acids is 2. The second-order valence-electron chi connectivity index (χ2n) is 4.38. The summed E-state index contributed by atoms with van der Waals surface area (Å²) in [5.41, 5.74) is 0.903. The van der Waals surface area contributed by atoms with Crippen molar-refractivity contribution in [2.45, 2.75) is 18.9 Å². The topological polar surface area (TPSA) is 55.4 Å². The summed E-state index contributed by atoms with van der Waals surface area (Å²) >= 11 is 5.84. The SMILES string of the molecule is COC(=O)[C@@H]1C(=O)N[C@H](C)[C@@H]1c1ccc(Cl)cc1. The molecule has 0 radical (unpaired) electrons. The fourth-order valence-corrected chi connectivity index (χ4v) is 2.53. The minimum atomic E-state index is -0.786. The van der Waals surface area contributed by atoms with E-state index in [1.165, 1.54) is 7.11 Å². The maximum Gasteiger partial charge on any atom is 0.318 e. The number of amides is 1. The first-order valence-corrected chi connectivity index (χ1v) is 6.06. The second kappa shape index (κ2) is 4.98. The van der Waals surface area contributed by atoms with Crippen molar-refractivity contribution in [1.29, 1.82) is 0 Å². The second-order valence-corrected chi connectivity index (χ2v) is 4.81. The molecular formula is C13H14ClNO3. The molecule has 2 rings (SSSR count). The van der Waals surface area contributed by atoms with Crippen LogP contribution in [0.3, 0.4) is 0 Å². The summed E-state index contributed by atoms with van der Waals surface area (Å²) in [5, 5.41) is 3.40. The molecule has 0 unspecified atom stereocenters. The van der Waals surface area contributed by atoms with E-state index in [-0.39, 0.29) is 17.9 Å². The number of ether oxygens (including phenoxy) is 1. The highest BCUT2D eigenvalue weighted by Gasteiger charge is 2.46. The van der Waals surface area contributed by atoms with Gasteiger partial charge in [0.05, 0.1) is 7.11 Å². The lowest BCUT2D eigenvalue weighted by molar-refractivity contribution is -0.149. The van der Waals surface area contributed by atoms with Gasteiger partial charge in [0.1, 0.15) is 5.92 Å². The maximum absolute atomic E-state index is 11.8. The third-order valence-electron chi connectivity index (χ3n) is 3.26. The zero-order chi connectivity index (χ0) is 13.3. The van der Waals surface area contributed by atoms with Gasteiger partial charge in [0, 0.05) is 17.0 Å². The van der Waals surface area contributed by atoms with Gasteiger partial charge in [-0.15, -0.1) is 0 Å². The molecule has 5 heteroatoms. The minimum absolute atomic E-state index is 0.109. The molecule has 0 aliphatic carbocycles. The van der Waals surface area contributed by atoms with Crippen molar-refractivity contribution in [1.82, 2.24) is 5.32 Å². The van der Waals surface area contributed by atoms with E-state index in [0.29, 0.717) is 5.02 Å². The molecule has 3 atom stereocenters. The molecular weight excluding hydrogens is 254 g/mol. The van der Waals surface area contributed by atoms with Gasteiger partial charge in [-0.3, -0.25) is 9.59 Å². The lowest BCUT2D eigenvalue weighted by Gasteiger charge is -2.19. The summed E-state index contributed by atoms with van der Waals surface area (Å²) in [6.45, 7) is 1.88. The Bertz CT molecular complexity index is 464. The van der Waals surface area contributed by atoms with Crippen molar-refractivity contribution in [3.05, 3.63) is 34.9 Å². The molecule has 1 heterocycles. The minimum Gasteiger partial charge on any atom is -0.468 e. The van der Waals surface area contributed by atoms with Crippen LogP contribution in [-0.2, 0) is 14.3 Å². The summed E-state index contributed by atoms with van der Waals surface area (Å²) in [5.74, 6) is -1.79. The van der Waals surface area contributed by atoms with E-state index < -0.39 is 11.9 Å². The van der Waals surface area contributed by atoms with Crippen LogP contribution in [0.25, 0.3) is 0 Å². The number of esters is 1. The van der Waals surface area contributed by atoms with Crippen LogP contribution in [0.15, 0.2) is 24.3 Å². The van der Waals surface area contributed by atoms with Crippen molar-refractivity contribution in [2.24, 2.45) is 5.92 Å². The quantitative estimate of drug-likeness (QED) is 0.656. The van der Waals surface area contributed by atoms with Crippen LogP contribution in [0.2, 0.25) is 5.02 Å². The van der Waals surface area contributed by atoms with Gasteiger partial charge < -0.3 is 10.1 Å². The average Bonchev–Trinajstić information content (AvgIpc) is 2.64. The predicted octanol–water partition coefficient (Wildman–Crippen LogP) is 1.73. The van der Waals surface area contributed by atoms with E-state index in [1.807, 2.05) is 19.1 Å². The standard InChI is InChI=1S/C13H14ClNO3/c1-7-10(8-3-5-9(14)6-4-8)11(12(16)15-7)13(17)18-2/h3-7,10-11H,1-2H3,(H,15,16)/t7-,10-,11+/m1/s1. The third kappa shape index (κ3) is 2.20. The van der Waals surface area contributed by atoms with Gasteiger partial charge in [0.25, 0.3) is 0 Å². The summed E-state index contributed by atoms with van der Waals surface area (Å²) in [7, 11) is 1.29. The Kier molecular flexibility index (Phi) is 3.57. The van der Waals surface area contributed by atoms with Crippen LogP contribution in [0.5, 0.6) is 0 Å². The molecule has 18 heavy (non-hydrogen) atoms. The van der Waals surface area contributed by atoms with E-state index in [4.69, 9.17) is 16.3 Å². The number of hydrogen-bond donors (Lipinski definition) is 1. The highest BCUT2D eigenvalue weighted by Crippen LogP contribution is 2.34. The number of methoxy groups -OCH3 is 1. The maximum atomic E-state index is 11.8. The Morgan fingerprint density at radius 3 is 2.50 bits per heavy atom. The van der Waals surface area contributed by atoms with E-state index in [2.05, 4.69) is 5.32 Å². The van der Waals surface area contributed by atoms with Crippen LogP contribution in [0, 0.1) is 5.92 Å². The van der Waals surface area contributed by atoms with Crippen molar-refractivity contribution in [2.75, 3.05) is 7.11 Å². The fraction of sp³-hybridized carbons (Fsp3) is 0.385. The first-order valence-electron chi connectivity index (χ1n) is 5.68. The first kappa shape index (κ1) is 12.9. The summed E-state index contributed by atoms with van der Waals surface area (Å²) in [6, 6.07) is 7.06. The van der Waals surface area contributed by atoms with Gasteiger partial charge in [-0.05, 0) is 24.6 Å². The lowest BCUT2D eigenvalue weighted by atomic mass is 9.84. The van der Waals surface area contributed by atoms with E-state index in [0.717, 1.165) is 5.56 Å². The summed E-state index contributed by atoms with van der Waals surface area (Å²) in [4.78, 5) is 23.5. The number of nitrogens with one attached hydrogen (secondary N) is 1. The molecule has 1 aromatic carbocycles. The number of carbonyl (C=O) groups is 2. The van der Waals surface area contributed by atoms with Gasteiger partial charge in [0.15, 0.2) is 0 Å². The Morgan fingerprint density at radius 2 is 1.94 bits per heavy atom. The molecule has 1 amide bonds. The lowest BCUT2D eigenvalue weighted by Crippen LogP contribution is -2.28. The number of benzene rings is 1. The van der Waals surface area contributed by atoms with Crippen molar-refractivity contribution < 1.29 is 14.3 Å². The van der Waals surface area contributed by atoms with Crippen molar-refractivity contribution in [3.63, 3.8) is 0 Å². The zero-order valence-corrected chi connectivity index (χ0v) is 10.9. The van der Waals surface area contributed by atoms with Gasteiger partial charge in [-0.1, -0.05) is 23.7 Å². The fourth-order valence-electron chi connectivity index (χ4n) is 2.40. The zero-order valence-electron chi connectivity index (χ0n) is 10.1. The Labute approximate surface area is 110 Å². The third-order valence-corrected chi connectivity index (χ3v) is 3.51. The normalized spacial score (nSPS) is 26.8. The summed E-state index contributed by atoms with van der Waals surface area (Å²) < 4.78 is 4.70. The molecule has 1 saturated heterocycles. The molecule has 1 aliphatic rings. The monoisotopic (exact) mass is 267 g/mol. The van der Waals surface area contributed by atoms with Crippen LogP contribution in [-0.4, -0.2) is 25.0 Å². The molecule has 1 aliphatic heterocycles. The number of rotatable bonds is 2. The molecule has 0 spiro atoms. The molecule has 4 nitrogen and oxygen atoms in total. The molecule has 1 aromatic rings. The Balaban J connectivity index is 2.36. The van der Waals surface area contributed by atoms with Crippen LogP contribution < -0.4 is 5.32 Å². The Hall–Kier alpha value is -1.55. The molecule has 1 N–H and O–H groups in total.